The Balaban J connectivity index is 1.83. The van der Waals surface area contributed by atoms with Crippen LogP contribution in [0, 0.1) is 5.92 Å². The molecule has 2 heteroatoms. The summed E-state index contributed by atoms with van der Waals surface area (Å²) in [5, 5.41) is 7.15. The van der Waals surface area contributed by atoms with Crippen molar-refractivity contribution in [3.63, 3.8) is 0 Å². The molecular formula is C15H32N2. The van der Waals surface area contributed by atoms with Crippen LogP contribution in [0.5, 0.6) is 0 Å². The predicted octanol–water partition coefficient (Wildman–Crippen LogP) is 3.32. The molecular weight excluding hydrogens is 208 g/mol. The molecule has 2 nitrogen and oxygen atoms in total. The fourth-order valence-corrected chi connectivity index (χ4v) is 2.76. The second kappa shape index (κ2) is 9.90. The highest BCUT2D eigenvalue weighted by molar-refractivity contribution is 4.76. The molecule has 0 spiro atoms. The third kappa shape index (κ3) is 7.77. The van der Waals surface area contributed by atoms with Crippen LogP contribution in [0.15, 0.2) is 0 Å². The molecule has 102 valence electrons. The molecule has 0 aromatic carbocycles. The van der Waals surface area contributed by atoms with Crippen molar-refractivity contribution in [1.29, 1.82) is 0 Å². The molecule has 0 radical (unpaired) electrons. The van der Waals surface area contributed by atoms with Crippen LogP contribution >= 0.6 is 0 Å². The van der Waals surface area contributed by atoms with E-state index in [1.54, 1.807) is 0 Å². The minimum absolute atomic E-state index is 0.726. The highest BCUT2D eigenvalue weighted by Gasteiger charge is 2.17. The van der Waals surface area contributed by atoms with Gasteiger partial charge in [0.25, 0.3) is 0 Å². The minimum Gasteiger partial charge on any atom is -0.316 e. The van der Waals surface area contributed by atoms with Gasteiger partial charge in [0.05, 0.1) is 0 Å². The molecule has 0 saturated carbocycles. The highest BCUT2D eigenvalue weighted by Crippen LogP contribution is 2.14. The van der Waals surface area contributed by atoms with Crippen LogP contribution < -0.4 is 10.6 Å². The van der Waals surface area contributed by atoms with E-state index in [0.29, 0.717) is 0 Å². The van der Waals surface area contributed by atoms with Gasteiger partial charge in [0, 0.05) is 6.04 Å². The molecule has 0 aromatic heterocycles. The Hall–Kier alpha value is -0.0800. The van der Waals surface area contributed by atoms with Crippen LogP contribution in [0.2, 0.25) is 0 Å². The van der Waals surface area contributed by atoms with Crippen molar-refractivity contribution in [3.8, 4) is 0 Å². The smallest absolute Gasteiger partial charge is 0.00418 e. The Labute approximate surface area is 108 Å². The zero-order valence-electron chi connectivity index (χ0n) is 11.9. The van der Waals surface area contributed by atoms with Gasteiger partial charge >= 0.3 is 0 Å². The van der Waals surface area contributed by atoms with E-state index < -0.39 is 0 Å². The second-order valence-electron chi connectivity index (χ2n) is 5.72. The van der Waals surface area contributed by atoms with Gasteiger partial charge in [-0.25, -0.2) is 0 Å². The first-order valence-electron chi connectivity index (χ1n) is 7.77. The average Bonchev–Trinajstić information content (AvgIpc) is 2.33. The molecule has 2 unspecified atom stereocenters. The lowest BCUT2D eigenvalue weighted by molar-refractivity contribution is 0.304. The Morgan fingerprint density at radius 1 is 1.12 bits per heavy atom. The quantitative estimate of drug-likeness (QED) is 0.604. The summed E-state index contributed by atoms with van der Waals surface area (Å²) in [6, 6.07) is 0.726. The van der Waals surface area contributed by atoms with Gasteiger partial charge in [-0.3, -0.25) is 0 Å². The van der Waals surface area contributed by atoms with E-state index in [4.69, 9.17) is 0 Å². The lowest BCUT2D eigenvalue weighted by atomic mass is 9.93. The van der Waals surface area contributed by atoms with Gasteiger partial charge < -0.3 is 10.6 Å². The fraction of sp³-hybridized carbons (Fsp3) is 1.00. The molecule has 1 fully saturated rings. The molecule has 0 bridgehead atoms. The van der Waals surface area contributed by atoms with E-state index in [2.05, 4.69) is 24.5 Å². The van der Waals surface area contributed by atoms with Crippen LogP contribution in [0.25, 0.3) is 0 Å². The van der Waals surface area contributed by atoms with Crippen molar-refractivity contribution in [2.24, 2.45) is 5.92 Å². The minimum atomic E-state index is 0.726. The van der Waals surface area contributed by atoms with Crippen LogP contribution in [0.1, 0.15) is 65.2 Å². The van der Waals surface area contributed by atoms with Crippen LogP contribution in [-0.2, 0) is 0 Å². The number of unbranched alkanes of at least 4 members (excludes halogenated alkanes) is 5. The molecule has 1 aliphatic heterocycles. The molecule has 1 aliphatic rings. The monoisotopic (exact) mass is 240 g/mol. The van der Waals surface area contributed by atoms with Gasteiger partial charge in [-0.15, -0.1) is 0 Å². The summed E-state index contributed by atoms with van der Waals surface area (Å²) in [7, 11) is 0. The largest absolute Gasteiger partial charge is 0.316 e. The van der Waals surface area contributed by atoms with Gasteiger partial charge in [-0.2, -0.15) is 0 Å². The van der Waals surface area contributed by atoms with Gasteiger partial charge in [0.15, 0.2) is 0 Å². The van der Waals surface area contributed by atoms with Crippen molar-refractivity contribution in [3.05, 3.63) is 0 Å². The molecule has 2 N–H and O–H groups in total. The zero-order valence-corrected chi connectivity index (χ0v) is 11.9. The van der Waals surface area contributed by atoms with Gasteiger partial charge in [0.2, 0.25) is 0 Å². The first kappa shape index (κ1) is 15.0. The van der Waals surface area contributed by atoms with Crippen molar-refractivity contribution in [1.82, 2.24) is 10.6 Å². The van der Waals surface area contributed by atoms with E-state index in [9.17, 15) is 0 Å². The number of hydrogen-bond donors (Lipinski definition) is 2. The Kier molecular flexibility index (Phi) is 8.72. The summed E-state index contributed by atoms with van der Waals surface area (Å²) in [6.07, 6.45) is 11.1. The maximum absolute atomic E-state index is 3.64. The molecule has 17 heavy (non-hydrogen) atoms. The Bertz CT molecular complexity index is 170. The fourth-order valence-electron chi connectivity index (χ4n) is 2.76. The molecule has 0 aliphatic carbocycles. The summed E-state index contributed by atoms with van der Waals surface area (Å²) in [5.74, 6) is 0.909. The number of nitrogens with one attached hydrogen (secondary N) is 2. The van der Waals surface area contributed by atoms with E-state index in [1.807, 2.05) is 0 Å². The van der Waals surface area contributed by atoms with Crippen molar-refractivity contribution in [2.75, 3.05) is 19.6 Å². The van der Waals surface area contributed by atoms with E-state index in [-0.39, 0.29) is 0 Å². The SMILES string of the molecule is CCCCCCCCNCC1CCNC(C)C1. The molecule has 1 rings (SSSR count). The number of hydrogen-bond acceptors (Lipinski definition) is 2. The van der Waals surface area contributed by atoms with Gasteiger partial charge in [-0.1, -0.05) is 39.0 Å². The molecule has 0 aromatic rings. The van der Waals surface area contributed by atoms with Crippen LogP contribution in [0.4, 0.5) is 0 Å². The Morgan fingerprint density at radius 2 is 1.88 bits per heavy atom. The number of rotatable bonds is 9. The Morgan fingerprint density at radius 3 is 2.65 bits per heavy atom. The predicted molar refractivity (Wildman–Crippen MR) is 76.4 cm³/mol. The molecule has 1 heterocycles. The zero-order chi connectivity index (χ0) is 12.3. The second-order valence-corrected chi connectivity index (χ2v) is 5.72. The lowest BCUT2D eigenvalue weighted by Crippen LogP contribution is -2.39. The van der Waals surface area contributed by atoms with Gasteiger partial charge in [0.1, 0.15) is 0 Å². The summed E-state index contributed by atoms with van der Waals surface area (Å²) in [5.41, 5.74) is 0. The normalized spacial score (nSPS) is 25.1. The number of piperidine rings is 1. The maximum atomic E-state index is 3.64. The van der Waals surface area contributed by atoms with E-state index >= 15 is 0 Å². The summed E-state index contributed by atoms with van der Waals surface area (Å²) in [6.45, 7) is 8.26. The van der Waals surface area contributed by atoms with Crippen molar-refractivity contribution < 1.29 is 0 Å². The summed E-state index contributed by atoms with van der Waals surface area (Å²) < 4.78 is 0. The van der Waals surface area contributed by atoms with Crippen LogP contribution in [0.3, 0.4) is 0 Å². The van der Waals surface area contributed by atoms with Crippen molar-refractivity contribution >= 4 is 0 Å². The average molecular weight is 240 g/mol. The van der Waals surface area contributed by atoms with Gasteiger partial charge in [-0.05, 0) is 51.7 Å². The summed E-state index contributed by atoms with van der Waals surface area (Å²) in [4.78, 5) is 0. The molecule has 2 atom stereocenters. The third-order valence-corrected chi connectivity index (χ3v) is 3.87. The highest BCUT2D eigenvalue weighted by atomic mass is 14.9. The first-order valence-corrected chi connectivity index (χ1v) is 7.77. The van der Waals surface area contributed by atoms with E-state index in [1.165, 1.54) is 71.0 Å². The lowest BCUT2D eigenvalue weighted by Gasteiger charge is -2.28. The van der Waals surface area contributed by atoms with Crippen LogP contribution in [-0.4, -0.2) is 25.7 Å². The van der Waals surface area contributed by atoms with E-state index in [0.717, 1.165) is 12.0 Å². The standard InChI is InChI=1S/C15H32N2/c1-3-4-5-6-7-8-10-16-13-15-9-11-17-14(2)12-15/h14-17H,3-13H2,1-2H3. The molecule has 0 amide bonds. The first-order chi connectivity index (χ1) is 8.33. The topological polar surface area (TPSA) is 24.1 Å². The third-order valence-electron chi connectivity index (χ3n) is 3.87. The summed E-state index contributed by atoms with van der Waals surface area (Å²) >= 11 is 0. The molecule has 1 saturated heterocycles. The van der Waals surface area contributed by atoms with Crippen molar-refractivity contribution in [2.45, 2.75) is 71.3 Å². The maximum Gasteiger partial charge on any atom is 0.00418 e.